The van der Waals surface area contributed by atoms with E-state index in [1.54, 1.807) is 6.07 Å². The maximum Gasteiger partial charge on any atom is 0.359 e. The number of fused-ring (bicyclic) bond motifs is 1. The molecule has 0 atom stereocenters. The summed E-state index contributed by atoms with van der Waals surface area (Å²) in [7, 11) is -4.51. The van der Waals surface area contributed by atoms with Crippen molar-refractivity contribution < 1.29 is 23.9 Å². The third-order valence-corrected chi connectivity index (χ3v) is 4.61. The van der Waals surface area contributed by atoms with E-state index in [1.807, 2.05) is 42.5 Å². The molecule has 0 saturated carbocycles. The molecule has 0 aromatic heterocycles. The van der Waals surface area contributed by atoms with Crippen molar-refractivity contribution in [3.63, 3.8) is 0 Å². The molecule has 3 aromatic rings. The molecule has 3 rings (SSSR count). The van der Waals surface area contributed by atoms with Crippen molar-refractivity contribution in [3.05, 3.63) is 72.3 Å². The molecule has 0 spiro atoms. The molecular weight excluding hydrogens is 327 g/mol. The molecule has 122 valence electrons. The highest BCUT2D eigenvalue weighted by molar-refractivity contribution is 7.60. The first-order valence-electron chi connectivity index (χ1n) is 7.27. The van der Waals surface area contributed by atoms with E-state index in [0.29, 0.717) is 0 Å². The molecule has 0 heterocycles. The van der Waals surface area contributed by atoms with E-state index in [4.69, 9.17) is 4.74 Å². The summed E-state index contributed by atoms with van der Waals surface area (Å²) in [5.74, 6) is -0.691. The summed E-state index contributed by atoms with van der Waals surface area (Å²) in [5, 5.41) is 1.66. The third-order valence-electron chi connectivity index (χ3n) is 3.62. The Bertz CT molecular complexity index is 940. The predicted molar refractivity (Wildman–Crippen MR) is 91.4 cm³/mol. The van der Waals surface area contributed by atoms with Crippen molar-refractivity contribution >= 4 is 29.6 Å². The van der Waals surface area contributed by atoms with E-state index in [0.717, 1.165) is 16.3 Å². The first kappa shape index (κ1) is 16.4. The highest BCUT2D eigenvalue weighted by atomic mass is 31.2. The normalized spacial score (nSPS) is 11.4. The molecule has 6 heteroatoms. The number of ether oxygens (including phenoxy) is 1. The fraction of sp³-hybridized carbons (Fsp3) is 0.0556. The van der Waals surface area contributed by atoms with Crippen LogP contribution in [-0.2, 0) is 15.8 Å². The van der Waals surface area contributed by atoms with E-state index in [2.05, 4.69) is 0 Å². The van der Waals surface area contributed by atoms with Gasteiger partial charge in [0.05, 0.1) is 6.42 Å². The fourth-order valence-corrected chi connectivity index (χ4v) is 3.23. The number of esters is 1. The molecule has 0 saturated heterocycles. The second-order valence-corrected chi connectivity index (χ2v) is 6.87. The molecule has 0 aliphatic rings. The Morgan fingerprint density at radius 3 is 2.38 bits per heavy atom. The summed E-state index contributed by atoms with van der Waals surface area (Å²) in [5.41, 5.74) is 0.798. The Kier molecular flexibility index (Phi) is 4.49. The van der Waals surface area contributed by atoms with Gasteiger partial charge in [0.15, 0.2) is 0 Å². The van der Waals surface area contributed by atoms with E-state index in [-0.39, 0.29) is 17.5 Å². The van der Waals surface area contributed by atoms with Crippen molar-refractivity contribution in [2.45, 2.75) is 6.42 Å². The molecule has 0 amide bonds. The highest BCUT2D eigenvalue weighted by Gasteiger charge is 2.23. The van der Waals surface area contributed by atoms with Gasteiger partial charge in [-0.25, -0.2) is 0 Å². The summed E-state index contributed by atoms with van der Waals surface area (Å²) in [6.07, 6.45) is 0.0108. The molecule has 0 bridgehead atoms. The van der Waals surface area contributed by atoms with Gasteiger partial charge in [-0.2, -0.15) is 0 Å². The predicted octanol–water partition coefficient (Wildman–Crippen LogP) is 2.79. The van der Waals surface area contributed by atoms with Crippen molar-refractivity contribution in [3.8, 4) is 5.75 Å². The number of carbonyl (C=O) groups is 1. The molecule has 5 nitrogen and oxygen atoms in total. The minimum absolute atomic E-state index is 0.0108. The number of hydrogen-bond acceptors (Lipinski definition) is 3. The van der Waals surface area contributed by atoms with Gasteiger partial charge in [0.25, 0.3) is 0 Å². The number of carbonyl (C=O) groups excluding carboxylic acids is 1. The number of para-hydroxylation sites is 1. The molecular formula is C18H15O5P. The van der Waals surface area contributed by atoms with Gasteiger partial charge in [0, 0.05) is 0 Å². The van der Waals surface area contributed by atoms with Crippen LogP contribution in [0, 0.1) is 0 Å². The van der Waals surface area contributed by atoms with Crippen LogP contribution in [0.2, 0.25) is 0 Å². The lowest BCUT2D eigenvalue weighted by Gasteiger charge is -2.11. The second kappa shape index (κ2) is 6.57. The molecule has 0 unspecified atom stereocenters. The van der Waals surface area contributed by atoms with Crippen molar-refractivity contribution in [1.82, 2.24) is 0 Å². The van der Waals surface area contributed by atoms with Gasteiger partial charge < -0.3 is 14.5 Å². The molecule has 3 aromatic carbocycles. The van der Waals surface area contributed by atoms with Crippen LogP contribution in [0.1, 0.15) is 5.56 Å². The highest BCUT2D eigenvalue weighted by Crippen LogP contribution is 2.37. The summed E-state index contributed by atoms with van der Waals surface area (Å²) in [4.78, 5) is 30.9. The Morgan fingerprint density at radius 1 is 0.917 bits per heavy atom. The Morgan fingerprint density at radius 2 is 1.58 bits per heavy atom. The zero-order valence-electron chi connectivity index (χ0n) is 12.6. The van der Waals surface area contributed by atoms with Gasteiger partial charge in [-0.1, -0.05) is 54.6 Å². The zero-order valence-corrected chi connectivity index (χ0v) is 13.5. The molecule has 2 N–H and O–H groups in total. The summed E-state index contributed by atoms with van der Waals surface area (Å²) in [6.45, 7) is 0. The maximum absolute atomic E-state index is 12.2. The SMILES string of the molecule is O=C(Cc1cccc2ccccc12)Oc1ccccc1P(=O)(O)O. The van der Waals surface area contributed by atoms with Crippen LogP contribution >= 0.6 is 7.60 Å². The fourth-order valence-electron chi connectivity index (χ4n) is 2.54. The monoisotopic (exact) mass is 342 g/mol. The van der Waals surface area contributed by atoms with Gasteiger partial charge in [-0.05, 0) is 28.5 Å². The van der Waals surface area contributed by atoms with E-state index >= 15 is 0 Å². The van der Waals surface area contributed by atoms with Crippen LogP contribution in [-0.4, -0.2) is 15.8 Å². The van der Waals surface area contributed by atoms with Crippen molar-refractivity contribution in [2.75, 3.05) is 0 Å². The van der Waals surface area contributed by atoms with Gasteiger partial charge in [0.2, 0.25) is 0 Å². The Balaban J connectivity index is 1.85. The molecule has 0 aliphatic carbocycles. The van der Waals surface area contributed by atoms with E-state index in [9.17, 15) is 19.1 Å². The maximum atomic E-state index is 12.2. The minimum atomic E-state index is -4.51. The van der Waals surface area contributed by atoms with Gasteiger partial charge in [-0.15, -0.1) is 0 Å². The first-order valence-corrected chi connectivity index (χ1v) is 8.89. The largest absolute Gasteiger partial charge is 0.425 e. The van der Waals surface area contributed by atoms with Gasteiger partial charge in [0.1, 0.15) is 11.1 Å². The topological polar surface area (TPSA) is 83.8 Å². The van der Waals surface area contributed by atoms with E-state index in [1.165, 1.54) is 18.2 Å². The second-order valence-electron chi connectivity index (χ2n) is 5.30. The zero-order chi connectivity index (χ0) is 17.2. The molecule has 0 fully saturated rings. The quantitative estimate of drug-likeness (QED) is 0.433. The lowest BCUT2D eigenvalue weighted by molar-refractivity contribution is -0.133. The average Bonchev–Trinajstić information content (AvgIpc) is 2.54. The van der Waals surface area contributed by atoms with Crippen LogP contribution < -0.4 is 10.0 Å². The lowest BCUT2D eigenvalue weighted by atomic mass is 10.0. The number of rotatable bonds is 4. The van der Waals surface area contributed by atoms with Crippen molar-refractivity contribution in [2.24, 2.45) is 0 Å². The van der Waals surface area contributed by atoms with Crippen LogP contribution in [0.4, 0.5) is 0 Å². The van der Waals surface area contributed by atoms with Gasteiger partial charge >= 0.3 is 13.6 Å². The molecule has 0 radical (unpaired) electrons. The smallest absolute Gasteiger partial charge is 0.359 e. The minimum Gasteiger partial charge on any atom is -0.425 e. The first-order chi connectivity index (χ1) is 11.4. The van der Waals surface area contributed by atoms with Crippen LogP contribution in [0.3, 0.4) is 0 Å². The van der Waals surface area contributed by atoms with Crippen molar-refractivity contribution in [1.29, 1.82) is 0 Å². The summed E-state index contributed by atoms with van der Waals surface area (Å²) >= 11 is 0. The Labute approximate surface area is 138 Å². The number of benzene rings is 3. The van der Waals surface area contributed by atoms with Crippen LogP contribution in [0.25, 0.3) is 10.8 Å². The van der Waals surface area contributed by atoms with Gasteiger partial charge in [-0.3, -0.25) is 9.36 Å². The van der Waals surface area contributed by atoms with E-state index < -0.39 is 13.6 Å². The Hall–Kier alpha value is -2.46. The standard InChI is InChI=1S/C18H15O5P/c19-18(23-16-10-3-4-11-17(16)24(20,21)22)12-14-8-5-7-13-6-1-2-9-15(13)14/h1-11H,12H2,(H2,20,21,22). The number of hydrogen-bond donors (Lipinski definition) is 2. The molecule has 24 heavy (non-hydrogen) atoms. The molecule has 0 aliphatic heterocycles. The third kappa shape index (κ3) is 3.54. The summed E-state index contributed by atoms with van der Waals surface area (Å²) in [6, 6.07) is 19.0. The average molecular weight is 342 g/mol. The lowest BCUT2D eigenvalue weighted by Crippen LogP contribution is -2.17. The van der Waals surface area contributed by atoms with Crippen LogP contribution in [0.5, 0.6) is 5.75 Å². The van der Waals surface area contributed by atoms with Crippen LogP contribution in [0.15, 0.2) is 66.7 Å². The summed E-state index contributed by atoms with van der Waals surface area (Å²) < 4.78 is 16.7.